The van der Waals surface area contributed by atoms with E-state index < -0.39 is 12.0 Å². The summed E-state index contributed by atoms with van der Waals surface area (Å²) in [5, 5.41) is 2.87. The molecule has 1 N–H and O–H groups in total. The highest BCUT2D eigenvalue weighted by molar-refractivity contribution is 5.88. The molecular weight excluding hydrogens is 402 g/mol. The van der Waals surface area contributed by atoms with Gasteiger partial charge < -0.3 is 14.8 Å². The first-order chi connectivity index (χ1) is 15.0. The van der Waals surface area contributed by atoms with Crippen molar-refractivity contribution in [1.82, 2.24) is 5.32 Å². The average Bonchev–Trinajstić information content (AvgIpc) is 2.72. The maximum absolute atomic E-state index is 12.9. The van der Waals surface area contributed by atoms with Crippen LogP contribution in [0.1, 0.15) is 64.2 Å². The molecular formula is C27H37NO4. The monoisotopic (exact) mass is 439 g/mol. The number of nitrogens with one attached hydrogen (secondary N) is 1. The van der Waals surface area contributed by atoms with Crippen LogP contribution in [0.5, 0.6) is 5.75 Å². The minimum absolute atomic E-state index is 0.204. The number of carbonyl (C=O) groups is 2. The molecule has 2 aromatic rings. The molecule has 5 nitrogen and oxygen atoms in total. The van der Waals surface area contributed by atoms with Crippen LogP contribution in [0.4, 0.5) is 0 Å². The Hall–Kier alpha value is -2.82. The van der Waals surface area contributed by atoms with E-state index in [0.29, 0.717) is 12.3 Å². The lowest BCUT2D eigenvalue weighted by atomic mass is 9.95. The van der Waals surface area contributed by atoms with Gasteiger partial charge in [0.2, 0.25) is 5.91 Å². The summed E-state index contributed by atoms with van der Waals surface area (Å²) in [4.78, 5) is 25.3. The Morgan fingerprint density at radius 2 is 1.41 bits per heavy atom. The van der Waals surface area contributed by atoms with Crippen LogP contribution in [0.2, 0.25) is 0 Å². The summed E-state index contributed by atoms with van der Waals surface area (Å²) >= 11 is 0. The molecule has 174 valence electrons. The molecule has 2 aromatic carbocycles. The van der Waals surface area contributed by atoms with Crippen LogP contribution in [0.3, 0.4) is 0 Å². The number of carbonyl (C=O) groups excluding carboxylic acids is 2. The molecule has 0 spiro atoms. The molecule has 0 radical (unpaired) electrons. The fraction of sp³-hybridized carbons (Fsp3) is 0.481. The van der Waals surface area contributed by atoms with Crippen LogP contribution < -0.4 is 10.1 Å². The van der Waals surface area contributed by atoms with Crippen LogP contribution in [0, 0.1) is 5.92 Å². The molecule has 2 rings (SSSR count). The van der Waals surface area contributed by atoms with Crippen molar-refractivity contribution in [3.8, 4) is 5.75 Å². The topological polar surface area (TPSA) is 64.6 Å². The number of hydrogen-bond acceptors (Lipinski definition) is 4. The standard InChI is InChI=1S/C27H37NO4/c1-18(2)16-20-8-12-22(13-9-20)19(3)25(29)28-24(26(30)31-7)17-21-10-14-23(15-11-21)32-27(4,5)6/h8-15,18-19,24H,16-17H2,1-7H3,(H,28,29). The first kappa shape index (κ1) is 25.4. The Morgan fingerprint density at radius 1 is 0.875 bits per heavy atom. The molecule has 0 fully saturated rings. The lowest BCUT2D eigenvalue weighted by Crippen LogP contribution is -2.44. The predicted octanol–water partition coefficient (Wildman–Crippen LogP) is 5.07. The van der Waals surface area contributed by atoms with E-state index in [9.17, 15) is 9.59 Å². The third kappa shape index (κ3) is 8.03. The van der Waals surface area contributed by atoms with Gasteiger partial charge in [0.05, 0.1) is 13.0 Å². The van der Waals surface area contributed by atoms with E-state index in [1.54, 1.807) is 0 Å². The van der Waals surface area contributed by atoms with E-state index in [4.69, 9.17) is 9.47 Å². The van der Waals surface area contributed by atoms with Crippen LogP contribution in [-0.4, -0.2) is 30.6 Å². The second kappa shape index (κ2) is 11.2. The van der Waals surface area contributed by atoms with Gasteiger partial charge in [-0.15, -0.1) is 0 Å². The van der Waals surface area contributed by atoms with Gasteiger partial charge in [0.25, 0.3) is 0 Å². The minimum atomic E-state index is -0.760. The van der Waals surface area contributed by atoms with Crippen molar-refractivity contribution in [3.63, 3.8) is 0 Å². The Labute approximate surface area is 192 Å². The summed E-state index contributed by atoms with van der Waals surface area (Å²) in [5.74, 6) is 0.293. The van der Waals surface area contributed by atoms with E-state index in [2.05, 4.69) is 31.3 Å². The van der Waals surface area contributed by atoms with Gasteiger partial charge in [-0.1, -0.05) is 50.2 Å². The summed E-state index contributed by atoms with van der Waals surface area (Å²) in [5.41, 5.74) is 2.80. The Balaban J connectivity index is 2.06. The van der Waals surface area contributed by atoms with Gasteiger partial charge in [-0.2, -0.15) is 0 Å². The lowest BCUT2D eigenvalue weighted by molar-refractivity contribution is -0.145. The summed E-state index contributed by atoms with van der Waals surface area (Å²) in [7, 11) is 1.33. The van der Waals surface area contributed by atoms with Crippen molar-refractivity contribution in [2.45, 2.75) is 71.9 Å². The summed E-state index contributed by atoms with van der Waals surface area (Å²) in [6.07, 6.45) is 1.35. The van der Waals surface area contributed by atoms with Crippen LogP contribution in [-0.2, 0) is 27.2 Å². The Bertz CT molecular complexity index is 879. The molecule has 0 saturated carbocycles. The van der Waals surface area contributed by atoms with Crippen molar-refractivity contribution in [3.05, 3.63) is 65.2 Å². The highest BCUT2D eigenvalue weighted by Gasteiger charge is 2.25. The van der Waals surface area contributed by atoms with Crippen LogP contribution in [0.25, 0.3) is 0 Å². The molecule has 0 heterocycles. The SMILES string of the molecule is COC(=O)C(Cc1ccc(OC(C)(C)C)cc1)NC(=O)C(C)c1ccc(CC(C)C)cc1. The van der Waals surface area contributed by atoms with Gasteiger partial charge in [0.1, 0.15) is 17.4 Å². The molecule has 32 heavy (non-hydrogen) atoms. The number of esters is 1. The molecule has 0 aliphatic heterocycles. The van der Waals surface area contributed by atoms with Crippen molar-refractivity contribution in [2.75, 3.05) is 7.11 Å². The fourth-order valence-electron chi connectivity index (χ4n) is 3.48. The highest BCUT2D eigenvalue weighted by Crippen LogP contribution is 2.21. The Kier molecular flexibility index (Phi) is 8.88. The molecule has 0 saturated heterocycles. The summed E-state index contributed by atoms with van der Waals surface area (Å²) in [6.45, 7) is 12.2. The molecule has 2 unspecified atom stereocenters. The van der Waals surface area contributed by atoms with Gasteiger partial charge in [-0.3, -0.25) is 4.79 Å². The van der Waals surface area contributed by atoms with Crippen LogP contribution in [0.15, 0.2) is 48.5 Å². The maximum Gasteiger partial charge on any atom is 0.328 e. The van der Waals surface area contributed by atoms with Crippen molar-refractivity contribution < 1.29 is 19.1 Å². The number of rotatable bonds is 9. The molecule has 1 amide bonds. The van der Waals surface area contributed by atoms with E-state index >= 15 is 0 Å². The second-order valence-electron chi connectivity index (χ2n) is 9.71. The summed E-state index contributed by atoms with van der Waals surface area (Å²) in [6, 6.07) is 14.9. The zero-order chi connectivity index (χ0) is 23.9. The molecule has 0 aliphatic rings. The number of hydrogen-bond donors (Lipinski definition) is 1. The molecule has 0 aromatic heterocycles. The first-order valence-electron chi connectivity index (χ1n) is 11.2. The van der Waals surface area contributed by atoms with Gasteiger partial charge in [-0.05, 0) is 68.9 Å². The summed E-state index contributed by atoms with van der Waals surface area (Å²) < 4.78 is 10.8. The van der Waals surface area contributed by atoms with Gasteiger partial charge >= 0.3 is 5.97 Å². The molecule has 0 bridgehead atoms. The quantitative estimate of drug-likeness (QED) is 0.554. The smallest absolute Gasteiger partial charge is 0.328 e. The minimum Gasteiger partial charge on any atom is -0.488 e. The van der Waals surface area contributed by atoms with Crippen molar-refractivity contribution in [2.24, 2.45) is 5.92 Å². The van der Waals surface area contributed by atoms with Gasteiger partial charge in [-0.25, -0.2) is 4.79 Å². The van der Waals surface area contributed by atoms with E-state index in [1.807, 2.05) is 64.1 Å². The van der Waals surface area contributed by atoms with Gasteiger partial charge in [0.15, 0.2) is 0 Å². The second-order valence-corrected chi connectivity index (χ2v) is 9.71. The first-order valence-corrected chi connectivity index (χ1v) is 11.2. The number of benzene rings is 2. The Morgan fingerprint density at radius 3 is 1.91 bits per heavy atom. The van der Waals surface area contributed by atoms with E-state index in [1.165, 1.54) is 12.7 Å². The number of ether oxygens (including phenoxy) is 2. The third-order valence-electron chi connectivity index (χ3n) is 5.11. The number of amides is 1. The molecule has 5 heteroatoms. The maximum atomic E-state index is 12.9. The highest BCUT2D eigenvalue weighted by atomic mass is 16.5. The average molecular weight is 440 g/mol. The van der Waals surface area contributed by atoms with Crippen LogP contribution >= 0.6 is 0 Å². The lowest BCUT2D eigenvalue weighted by Gasteiger charge is -2.22. The predicted molar refractivity (Wildman–Crippen MR) is 128 cm³/mol. The fourth-order valence-corrected chi connectivity index (χ4v) is 3.48. The number of methoxy groups -OCH3 is 1. The molecule has 2 atom stereocenters. The van der Waals surface area contributed by atoms with E-state index in [-0.39, 0.29) is 17.4 Å². The zero-order valence-electron chi connectivity index (χ0n) is 20.4. The largest absolute Gasteiger partial charge is 0.488 e. The normalized spacial score (nSPS) is 13.4. The van der Waals surface area contributed by atoms with Gasteiger partial charge in [0, 0.05) is 6.42 Å². The molecule has 0 aliphatic carbocycles. The third-order valence-corrected chi connectivity index (χ3v) is 5.11. The van der Waals surface area contributed by atoms with Crippen molar-refractivity contribution in [1.29, 1.82) is 0 Å². The van der Waals surface area contributed by atoms with E-state index in [0.717, 1.165) is 23.3 Å². The zero-order valence-corrected chi connectivity index (χ0v) is 20.4. The van der Waals surface area contributed by atoms with Crippen molar-refractivity contribution >= 4 is 11.9 Å².